The summed E-state index contributed by atoms with van der Waals surface area (Å²) in [5, 5.41) is 8.22. The minimum Gasteiger partial charge on any atom is -0.443 e. The van der Waals surface area contributed by atoms with E-state index in [4.69, 9.17) is 4.42 Å². The van der Waals surface area contributed by atoms with Gasteiger partial charge in [0.05, 0.1) is 23.7 Å². The molecule has 0 radical (unpaired) electrons. The second kappa shape index (κ2) is 8.09. The van der Waals surface area contributed by atoms with Gasteiger partial charge in [-0.2, -0.15) is 13.2 Å². The molecule has 2 aromatic rings. The number of rotatable bonds is 5. The maximum Gasteiger partial charge on any atom is 0.401 e. The molecular formula is C16H20F3N5OS. The van der Waals surface area contributed by atoms with Gasteiger partial charge in [-0.25, -0.2) is 4.98 Å². The molecule has 1 saturated heterocycles. The van der Waals surface area contributed by atoms with Crippen LogP contribution in [0.3, 0.4) is 0 Å². The summed E-state index contributed by atoms with van der Waals surface area (Å²) in [6.45, 7) is 0.295. The lowest BCUT2D eigenvalue weighted by atomic mass is 10.3. The average Bonchev–Trinajstić information content (AvgIpc) is 3.31. The minimum atomic E-state index is -4.16. The molecule has 26 heavy (non-hydrogen) atoms. The lowest BCUT2D eigenvalue weighted by molar-refractivity contribution is -0.143. The fourth-order valence-electron chi connectivity index (χ4n) is 2.81. The molecule has 3 rings (SSSR count). The smallest absolute Gasteiger partial charge is 0.401 e. The van der Waals surface area contributed by atoms with Gasteiger partial charge >= 0.3 is 6.18 Å². The number of hydrogen-bond acceptors (Lipinski definition) is 5. The van der Waals surface area contributed by atoms with Crippen LogP contribution in [-0.2, 0) is 6.54 Å². The molecule has 1 aliphatic rings. The van der Waals surface area contributed by atoms with Crippen LogP contribution in [0.15, 0.2) is 33.2 Å². The SMILES string of the molecule is CN=C(NCc1coc(-c2cccs2)n1)NC1CCN(CC(F)(F)F)C1. The predicted molar refractivity (Wildman–Crippen MR) is 94.1 cm³/mol. The fraction of sp³-hybridized carbons (Fsp3) is 0.500. The number of likely N-dealkylation sites (tertiary alicyclic amines) is 1. The van der Waals surface area contributed by atoms with Crippen molar-refractivity contribution < 1.29 is 17.6 Å². The van der Waals surface area contributed by atoms with E-state index in [9.17, 15) is 13.2 Å². The Morgan fingerprint density at radius 1 is 1.50 bits per heavy atom. The van der Waals surface area contributed by atoms with Crippen LogP contribution in [0.2, 0.25) is 0 Å². The number of guanidine groups is 1. The summed E-state index contributed by atoms with van der Waals surface area (Å²) in [4.78, 5) is 10.9. The summed E-state index contributed by atoms with van der Waals surface area (Å²) in [5.41, 5.74) is 0.724. The van der Waals surface area contributed by atoms with Crippen LogP contribution in [0.1, 0.15) is 12.1 Å². The normalized spacial score (nSPS) is 19.1. The van der Waals surface area contributed by atoms with Crippen LogP contribution in [0.25, 0.3) is 10.8 Å². The molecule has 0 spiro atoms. The summed E-state index contributed by atoms with van der Waals surface area (Å²) in [7, 11) is 1.62. The third-order valence-corrected chi connectivity index (χ3v) is 4.82. The first-order chi connectivity index (χ1) is 12.4. The first-order valence-corrected chi connectivity index (χ1v) is 9.05. The van der Waals surface area contributed by atoms with Gasteiger partial charge in [-0.1, -0.05) is 6.07 Å². The number of halogens is 3. The van der Waals surface area contributed by atoms with E-state index in [1.807, 2.05) is 17.5 Å². The Labute approximate surface area is 153 Å². The highest BCUT2D eigenvalue weighted by atomic mass is 32.1. The third-order valence-electron chi connectivity index (χ3n) is 3.96. The monoisotopic (exact) mass is 387 g/mol. The van der Waals surface area contributed by atoms with Crippen molar-refractivity contribution in [3.8, 4) is 10.8 Å². The quantitative estimate of drug-likeness (QED) is 0.610. The Bertz CT molecular complexity index is 729. The molecule has 0 aliphatic carbocycles. The van der Waals surface area contributed by atoms with Gasteiger partial charge in [0, 0.05) is 26.2 Å². The van der Waals surface area contributed by atoms with E-state index >= 15 is 0 Å². The van der Waals surface area contributed by atoms with Crippen molar-refractivity contribution in [3.63, 3.8) is 0 Å². The van der Waals surface area contributed by atoms with E-state index < -0.39 is 12.7 Å². The summed E-state index contributed by atoms with van der Waals surface area (Å²) in [6.07, 6.45) is -1.94. The molecule has 1 fully saturated rings. The van der Waals surface area contributed by atoms with Gasteiger partial charge in [0.2, 0.25) is 5.89 Å². The lowest BCUT2D eigenvalue weighted by Gasteiger charge is -2.19. The number of aliphatic imine (C=N–C) groups is 1. The topological polar surface area (TPSA) is 65.7 Å². The maximum absolute atomic E-state index is 12.5. The number of nitrogens with one attached hydrogen (secondary N) is 2. The van der Waals surface area contributed by atoms with Crippen molar-refractivity contribution in [2.45, 2.75) is 25.2 Å². The summed E-state index contributed by atoms with van der Waals surface area (Å²) in [5.74, 6) is 1.10. The fourth-order valence-corrected chi connectivity index (χ4v) is 3.47. The first kappa shape index (κ1) is 18.7. The molecule has 2 N–H and O–H groups in total. The second-order valence-electron chi connectivity index (χ2n) is 6.03. The van der Waals surface area contributed by atoms with Gasteiger partial charge in [0.15, 0.2) is 5.96 Å². The minimum absolute atomic E-state index is 0.0671. The highest BCUT2D eigenvalue weighted by Crippen LogP contribution is 2.23. The summed E-state index contributed by atoms with van der Waals surface area (Å²) in [6, 6.07) is 3.79. The highest BCUT2D eigenvalue weighted by Gasteiger charge is 2.34. The molecule has 0 aromatic carbocycles. The Balaban J connectivity index is 1.47. The molecule has 142 valence electrons. The zero-order valence-electron chi connectivity index (χ0n) is 14.2. The number of hydrogen-bond donors (Lipinski definition) is 2. The van der Waals surface area contributed by atoms with Gasteiger partial charge in [-0.05, 0) is 17.9 Å². The van der Waals surface area contributed by atoms with E-state index in [0.717, 1.165) is 10.6 Å². The maximum atomic E-state index is 12.5. The number of aromatic nitrogens is 1. The largest absolute Gasteiger partial charge is 0.443 e. The van der Waals surface area contributed by atoms with E-state index in [2.05, 4.69) is 20.6 Å². The number of oxazole rings is 1. The molecule has 0 saturated carbocycles. The van der Waals surface area contributed by atoms with Crippen molar-refractivity contribution in [1.82, 2.24) is 20.5 Å². The van der Waals surface area contributed by atoms with Crippen molar-refractivity contribution in [3.05, 3.63) is 29.5 Å². The number of alkyl halides is 3. The zero-order valence-corrected chi connectivity index (χ0v) is 15.0. The van der Waals surface area contributed by atoms with Crippen molar-refractivity contribution in [1.29, 1.82) is 0 Å². The zero-order chi connectivity index (χ0) is 18.6. The van der Waals surface area contributed by atoms with Crippen molar-refractivity contribution in [2.75, 3.05) is 26.7 Å². The van der Waals surface area contributed by atoms with Crippen LogP contribution in [-0.4, -0.2) is 54.7 Å². The number of nitrogens with zero attached hydrogens (tertiary/aromatic N) is 3. The average molecular weight is 387 g/mol. The molecule has 1 unspecified atom stereocenters. The molecule has 3 heterocycles. The molecule has 6 nitrogen and oxygen atoms in total. The Morgan fingerprint density at radius 3 is 3.04 bits per heavy atom. The second-order valence-corrected chi connectivity index (χ2v) is 6.97. The van der Waals surface area contributed by atoms with Crippen LogP contribution in [0.5, 0.6) is 0 Å². The summed E-state index contributed by atoms with van der Waals surface area (Å²) < 4.78 is 42.8. The number of thiophene rings is 1. The van der Waals surface area contributed by atoms with E-state index in [0.29, 0.717) is 37.9 Å². The van der Waals surface area contributed by atoms with E-state index in [-0.39, 0.29) is 6.04 Å². The van der Waals surface area contributed by atoms with Crippen LogP contribution in [0.4, 0.5) is 13.2 Å². The van der Waals surface area contributed by atoms with Crippen LogP contribution in [0, 0.1) is 0 Å². The molecule has 0 amide bonds. The first-order valence-electron chi connectivity index (χ1n) is 8.17. The Kier molecular flexibility index (Phi) is 5.82. The molecule has 10 heteroatoms. The molecule has 2 aromatic heterocycles. The third kappa shape index (κ3) is 5.21. The van der Waals surface area contributed by atoms with Crippen molar-refractivity contribution in [2.24, 2.45) is 4.99 Å². The predicted octanol–water partition coefficient (Wildman–Crippen LogP) is 2.70. The highest BCUT2D eigenvalue weighted by molar-refractivity contribution is 7.13. The lowest BCUT2D eigenvalue weighted by Crippen LogP contribution is -2.44. The van der Waals surface area contributed by atoms with Gasteiger partial charge < -0.3 is 15.1 Å². The van der Waals surface area contributed by atoms with E-state index in [1.165, 1.54) is 4.90 Å². The molecular weight excluding hydrogens is 367 g/mol. The van der Waals surface area contributed by atoms with Crippen molar-refractivity contribution >= 4 is 17.3 Å². The standard InChI is InChI=1S/C16H20F3N5OS/c1-20-15(23-11-4-5-24(8-11)10-16(17,18)19)21-7-12-9-25-14(22-12)13-3-2-6-26-13/h2-3,6,9,11H,4-5,7-8,10H2,1H3,(H2,20,21,23). The van der Waals surface area contributed by atoms with Gasteiger partial charge in [0.25, 0.3) is 0 Å². The van der Waals surface area contributed by atoms with Gasteiger partial charge in [-0.15, -0.1) is 11.3 Å². The molecule has 1 aliphatic heterocycles. The Morgan fingerprint density at radius 2 is 2.35 bits per heavy atom. The van der Waals surface area contributed by atoms with Crippen LogP contribution >= 0.6 is 11.3 Å². The summed E-state index contributed by atoms with van der Waals surface area (Å²) >= 11 is 1.55. The van der Waals surface area contributed by atoms with E-state index in [1.54, 1.807) is 24.6 Å². The van der Waals surface area contributed by atoms with Crippen LogP contribution < -0.4 is 10.6 Å². The Hall–Kier alpha value is -2.07. The molecule has 1 atom stereocenters. The van der Waals surface area contributed by atoms with Gasteiger partial charge in [-0.3, -0.25) is 9.89 Å². The molecule has 0 bridgehead atoms. The van der Waals surface area contributed by atoms with Gasteiger partial charge in [0.1, 0.15) is 6.26 Å².